The van der Waals surface area contributed by atoms with Crippen LogP contribution in [0.25, 0.3) is 10.6 Å². The topological polar surface area (TPSA) is 68.0 Å². The third kappa shape index (κ3) is 2.59. The van der Waals surface area contributed by atoms with Crippen LogP contribution >= 0.6 is 11.3 Å². The van der Waals surface area contributed by atoms with Crippen molar-refractivity contribution in [2.45, 2.75) is 31.2 Å². The van der Waals surface area contributed by atoms with Crippen molar-refractivity contribution in [2.24, 2.45) is 5.73 Å². The third-order valence-corrected chi connectivity index (χ3v) is 4.57. The molecule has 1 amide bonds. The highest BCUT2D eigenvalue weighted by molar-refractivity contribution is 7.13. The Balaban J connectivity index is 1.78. The Bertz CT molecular complexity index is 603. The zero-order chi connectivity index (χ0) is 14.0. The quantitative estimate of drug-likeness (QED) is 0.911. The minimum absolute atomic E-state index is 0.0775. The van der Waals surface area contributed by atoms with Crippen LogP contribution < -0.4 is 11.1 Å². The Morgan fingerprint density at radius 3 is 2.85 bits per heavy atom. The summed E-state index contributed by atoms with van der Waals surface area (Å²) in [5, 5.41) is 5.83. The SMILES string of the molecule is NC1(C(=O)Nc2cccc(-c3nccs3)c2)CCCC1. The fourth-order valence-corrected chi connectivity index (χ4v) is 3.22. The largest absolute Gasteiger partial charge is 0.324 e. The standard InChI is InChI=1S/C15H17N3OS/c16-15(6-1-2-7-15)14(19)18-12-5-3-4-11(10-12)13-17-8-9-20-13/h3-5,8-10H,1-2,6-7,16H2,(H,18,19). The molecule has 3 rings (SSSR count). The molecule has 1 aliphatic rings. The Kier molecular flexibility index (Phi) is 3.54. The van der Waals surface area contributed by atoms with Gasteiger partial charge in [-0.1, -0.05) is 25.0 Å². The fraction of sp³-hybridized carbons (Fsp3) is 0.333. The summed E-state index contributed by atoms with van der Waals surface area (Å²) < 4.78 is 0. The lowest BCUT2D eigenvalue weighted by Crippen LogP contribution is -2.48. The van der Waals surface area contributed by atoms with Gasteiger partial charge in [0.25, 0.3) is 0 Å². The van der Waals surface area contributed by atoms with Gasteiger partial charge in [-0.15, -0.1) is 11.3 Å². The first-order valence-electron chi connectivity index (χ1n) is 6.78. The number of nitrogens with one attached hydrogen (secondary N) is 1. The van der Waals surface area contributed by atoms with E-state index in [2.05, 4.69) is 10.3 Å². The first-order chi connectivity index (χ1) is 9.67. The summed E-state index contributed by atoms with van der Waals surface area (Å²) in [5.74, 6) is -0.0775. The number of nitrogens with two attached hydrogens (primary N) is 1. The van der Waals surface area contributed by atoms with Gasteiger partial charge < -0.3 is 11.1 Å². The summed E-state index contributed by atoms with van der Waals surface area (Å²) >= 11 is 1.58. The maximum absolute atomic E-state index is 12.3. The molecule has 104 valence electrons. The number of anilines is 1. The van der Waals surface area contributed by atoms with Crippen molar-refractivity contribution >= 4 is 22.9 Å². The third-order valence-electron chi connectivity index (χ3n) is 3.75. The fourth-order valence-electron chi connectivity index (χ4n) is 2.58. The van der Waals surface area contributed by atoms with Crippen molar-refractivity contribution in [3.63, 3.8) is 0 Å². The molecular weight excluding hydrogens is 270 g/mol. The van der Waals surface area contributed by atoms with Crippen LogP contribution in [0.15, 0.2) is 35.8 Å². The van der Waals surface area contributed by atoms with E-state index in [0.29, 0.717) is 0 Å². The lowest BCUT2D eigenvalue weighted by molar-refractivity contribution is -0.121. The van der Waals surface area contributed by atoms with Crippen molar-refractivity contribution in [1.82, 2.24) is 4.98 Å². The summed E-state index contributed by atoms with van der Waals surface area (Å²) in [4.78, 5) is 16.6. The van der Waals surface area contributed by atoms with Gasteiger partial charge in [-0.2, -0.15) is 0 Å². The summed E-state index contributed by atoms with van der Waals surface area (Å²) in [6, 6.07) is 7.73. The zero-order valence-corrected chi connectivity index (χ0v) is 12.0. The molecule has 4 nitrogen and oxygen atoms in total. The average Bonchev–Trinajstić information content (AvgIpc) is 3.11. The Morgan fingerprint density at radius 1 is 1.35 bits per heavy atom. The van der Waals surface area contributed by atoms with Crippen molar-refractivity contribution < 1.29 is 4.79 Å². The zero-order valence-electron chi connectivity index (χ0n) is 11.1. The maximum Gasteiger partial charge on any atom is 0.244 e. The summed E-state index contributed by atoms with van der Waals surface area (Å²) in [6.07, 6.45) is 5.38. The Morgan fingerprint density at radius 2 is 2.15 bits per heavy atom. The van der Waals surface area contributed by atoms with E-state index < -0.39 is 5.54 Å². The van der Waals surface area contributed by atoms with Crippen molar-refractivity contribution in [1.29, 1.82) is 0 Å². The molecule has 1 heterocycles. The van der Waals surface area contributed by atoms with Crippen LogP contribution in [-0.4, -0.2) is 16.4 Å². The van der Waals surface area contributed by atoms with Crippen LogP contribution in [0, 0.1) is 0 Å². The van der Waals surface area contributed by atoms with E-state index >= 15 is 0 Å². The van der Waals surface area contributed by atoms with Gasteiger partial charge >= 0.3 is 0 Å². The molecule has 0 atom stereocenters. The van der Waals surface area contributed by atoms with Crippen LogP contribution in [0.3, 0.4) is 0 Å². The highest BCUT2D eigenvalue weighted by Crippen LogP contribution is 2.29. The summed E-state index contributed by atoms with van der Waals surface area (Å²) in [5.41, 5.74) is 7.25. The second kappa shape index (κ2) is 5.34. The van der Waals surface area contributed by atoms with Crippen LogP contribution in [0.4, 0.5) is 5.69 Å². The van der Waals surface area contributed by atoms with E-state index in [4.69, 9.17) is 5.73 Å². The molecule has 1 fully saturated rings. The number of hydrogen-bond acceptors (Lipinski definition) is 4. The van der Waals surface area contributed by atoms with Gasteiger partial charge in [-0.05, 0) is 25.0 Å². The molecule has 0 aliphatic heterocycles. The molecule has 1 saturated carbocycles. The van der Waals surface area contributed by atoms with Crippen LogP contribution in [-0.2, 0) is 4.79 Å². The molecule has 1 aromatic heterocycles. The van der Waals surface area contributed by atoms with Crippen LogP contribution in [0.2, 0.25) is 0 Å². The van der Waals surface area contributed by atoms with Gasteiger partial charge in [0.2, 0.25) is 5.91 Å². The molecule has 0 unspecified atom stereocenters. The lowest BCUT2D eigenvalue weighted by Gasteiger charge is -2.22. The van der Waals surface area contributed by atoms with E-state index in [1.807, 2.05) is 29.6 Å². The van der Waals surface area contributed by atoms with E-state index in [1.165, 1.54) is 0 Å². The lowest BCUT2D eigenvalue weighted by atomic mass is 9.98. The first kappa shape index (κ1) is 13.3. The predicted octanol–water partition coefficient (Wildman–Crippen LogP) is 3.02. The highest BCUT2D eigenvalue weighted by Gasteiger charge is 2.36. The summed E-state index contributed by atoms with van der Waals surface area (Å²) in [7, 11) is 0. The normalized spacial score (nSPS) is 17.1. The molecule has 2 aromatic rings. The molecule has 5 heteroatoms. The predicted molar refractivity (Wildman–Crippen MR) is 81.6 cm³/mol. The van der Waals surface area contributed by atoms with Crippen molar-refractivity contribution in [2.75, 3.05) is 5.32 Å². The number of nitrogens with zero attached hydrogens (tertiary/aromatic N) is 1. The average molecular weight is 287 g/mol. The number of benzene rings is 1. The van der Waals surface area contributed by atoms with Crippen LogP contribution in [0.5, 0.6) is 0 Å². The number of hydrogen-bond donors (Lipinski definition) is 2. The number of aromatic nitrogens is 1. The van der Waals surface area contributed by atoms with Gasteiger partial charge in [0.05, 0.1) is 5.54 Å². The highest BCUT2D eigenvalue weighted by atomic mass is 32.1. The van der Waals surface area contributed by atoms with Crippen molar-refractivity contribution in [3.05, 3.63) is 35.8 Å². The molecule has 1 aliphatic carbocycles. The van der Waals surface area contributed by atoms with Crippen molar-refractivity contribution in [3.8, 4) is 10.6 Å². The summed E-state index contributed by atoms with van der Waals surface area (Å²) in [6.45, 7) is 0. The second-order valence-corrected chi connectivity index (χ2v) is 6.13. The molecule has 20 heavy (non-hydrogen) atoms. The number of rotatable bonds is 3. The number of thiazole rings is 1. The first-order valence-corrected chi connectivity index (χ1v) is 7.66. The molecule has 0 saturated heterocycles. The Labute approximate surface area is 122 Å². The molecule has 0 spiro atoms. The smallest absolute Gasteiger partial charge is 0.244 e. The van der Waals surface area contributed by atoms with E-state index in [-0.39, 0.29) is 5.91 Å². The number of carbonyl (C=O) groups is 1. The monoisotopic (exact) mass is 287 g/mol. The number of carbonyl (C=O) groups excluding carboxylic acids is 1. The molecule has 3 N–H and O–H groups in total. The van der Waals surface area contributed by atoms with E-state index in [1.54, 1.807) is 17.5 Å². The van der Waals surface area contributed by atoms with Gasteiger partial charge in [0.1, 0.15) is 5.01 Å². The minimum atomic E-state index is -0.697. The maximum atomic E-state index is 12.3. The van der Waals surface area contributed by atoms with Gasteiger partial charge in [0, 0.05) is 22.8 Å². The van der Waals surface area contributed by atoms with Gasteiger partial charge in [0.15, 0.2) is 0 Å². The molecule has 1 aromatic carbocycles. The molecular formula is C15H17N3OS. The molecule has 0 radical (unpaired) electrons. The number of amides is 1. The van der Waals surface area contributed by atoms with E-state index in [9.17, 15) is 4.79 Å². The van der Waals surface area contributed by atoms with Gasteiger partial charge in [-0.25, -0.2) is 4.98 Å². The van der Waals surface area contributed by atoms with Gasteiger partial charge in [-0.3, -0.25) is 4.79 Å². The van der Waals surface area contributed by atoms with Crippen LogP contribution in [0.1, 0.15) is 25.7 Å². The Hall–Kier alpha value is -1.72. The molecule has 0 bridgehead atoms. The van der Waals surface area contributed by atoms with E-state index in [0.717, 1.165) is 41.9 Å². The minimum Gasteiger partial charge on any atom is -0.324 e. The second-order valence-electron chi connectivity index (χ2n) is 5.24.